The van der Waals surface area contributed by atoms with Gasteiger partial charge in [0.1, 0.15) is 6.04 Å². The molecule has 1 amide bonds. The van der Waals surface area contributed by atoms with Crippen molar-refractivity contribution in [1.29, 1.82) is 0 Å². The molecule has 2 atom stereocenters. The number of hydrogen-bond acceptors (Lipinski definition) is 6. The first kappa shape index (κ1) is 21.3. The van der Waals surface area contributed by atoms with Crippen molar-refractivity contribution in [1.82, 2.24) is 5.32 Å². The van der Waals surface area contributed by atoms with Gasteiger partial charge in [0.25, 0.3) is 0 Å². The zero-order chi connectivity index (χ0) is 19.7. The van der Waals surface area contributed by atoms with Crippen LogP contribution in [0.1, 0.15) is 25.8 Å². The summed E-state index contributed by atoms with van der Waals surface area (Å²) in [5, 5.41) is 2.68. The van der Waals surface area contributed by atoms with E-state index in [1.165, 1.54) is 34.5 Å². The molecule has 0 fully saturated rings. The number of carbonyl (C=O) groups excluding carboxylic acids is 2. The minimum absolute atomic E-state index is 0.0408. The molecule has 1 rings (SSSR count). The van der Waals surface area contributed by atoms with Crippen LogP contribution in [-0.4, -0.2) is 46.4 Å². The Morgan fingerprint density at radius 1 is 1.08 bits per heavy atom. The van der Waals surface area contributed by atoms with Crippen LogP contribution in [0.3, 0.4) is 0 Å². The lowest BCUT2D eigenvalue weighted by molar-refractivity contribution is -0.146. The SMILES string of the molecule is CC[C@@H](C)[C@H](NC(=O)/C=C/c1cc(OC)c(OC)c(OC)c1)C(=O)OC. The smallest absolute Gasteiger partial charge is 0.328 e. The summed E-state index contributed by atoms with van der Waals surface area (Å²) < 4.78 is 20.6. The molecule has 0 saturated heterocycles. The van der Waals surface area contributed by atoms with Gasteiger partial charge in [0.2, 0.25) is 11.7 Å². The van der Waals surface area contributed by atoms with Crippen molar-refractivity contribution in [3.8, 4) is 17.2 Å². The van der Waals surface area contributed by atoms with Gasteiger partial charge in [-0.1, -0.05) is 20.3 Å². The fraction of sp³-hybridized carbons (Fsp3) is 0.474. The van der Waals surface area contributed by atoms with Crippen LogP contribution in [0.25, 0.3) is 6.08 Å². The molecule has 7 heteroatoms. The van der Waals surface area contributed by atoms with Crippen LogP contribution in [0.4, 0.5) is 0 Å². The van der Waals surface area contributed by atoms with E-state index in [0.717, 1.165) is 6.42 Å². The summed E-state index contributed by atoms with van der Waals surface area (Å²) in [5.74, 6) is 0.543. The average molecular weight is 365 g/mol. The van der Waals surface area contributed by atoms with E-state index in [4.69, 9.17) is 18.9 Å². The topological polar surface area (TPSA) is 83.1 Å². The Labute approximate surface area is 154 Å². The zero-order valence-corrected chi connectivity index (χ0v) is 16.1. The third kappa shape index (κ3) is 5.40. The third-order valence-electron chi connectivity index (χ3n) is 4.08. The van der Waals surface area contributed by atoms with Gasteiger partial charge in [-0.3, -0.25) is 4.79 Å². The lowest BCUT2D eigenvalue weighted by Gasteiger charge is -2.21. The Balaban J connectivity index is 2.98. The molecule has 1 aromatic rings. The number of benzene rings is 1. The molecule has 0 aliphatic carbocycles. The fourth-order valence-electron chi connectivity index (χ4n) is 2.37. The van der Waals surface area contributed by atoms with Crippen molar-refractivity contribution in [3.05, 3.63) is 23.8 Å². The van der Waals surface area contributed by atoms with Gasteiger partial charge in [0.15, 0.2) is 11.5 Å². The molecule has 0 heterocycles. The second-order valence-corrected chi connectivity index (χ2v) is 5.69. The van der Waals surface area contributed by atoms with E-state index in [0.29, 0.717) is 22.8 Å². The highest BCUT2D eigenvalue weighted by Crippen LogP contribution is 2.38. The largest absolute Gasteiger partial charge is 0.493 e. The predicted octanol–water partition coefficient (Wildman–Crippen LogP) is 2.43. The Morgan fingerprint density at radius 2 is 1.65 bits per heavy atom. The summed E-state index contributed by atoms with van der Waals surface area (Å²) in [7, 11) is 5.86. The van der Waals surface area contributed by atoms with E-state index in [2.05, 4.69) is 5.32 Å². The Hall–Kier alpha value is -2.70. The van der Waals surface area contributed by atoms with E-state index in [9.17, 15) is 9.59 Å². The number of esters is 1. The first-order valence-electron chi connectivity index (χ1n) is 8.28. The van der Waals surface area contributed by atoms with Crippen LogP contribution in [0.2, 0.25) is 0 Å². The molecule has 0 radical (unpaired) electrons. The monoisotopic (exact) mass is 365 g/mol. The molecule has 7 nitrogen and oxygen atoms in total. The summed E-state index contributed by atoms with van der Waals surface area (Å²) >= 11 is 0. The molecule has 0 saturated carbocycles. The molecular formula is C19H27NO6. The minimum Gasteiger partial charge on any atom is -0.493 e. The summed E-state index contributed by atoms with van der Waals surface area (Å²) in [6.07, 6.45) is 3.68. The van der Waals surface area contributed by atoms with Crippen LogP contribution >= 0.6 is 0 Å². The van der Waals surface area contributed by atoms with Crippen LogP contribution in [0.15, 0.2) is 18.2 Å². The van der Waals surface area contributed by atoms with Gasteiger partial charge in [0.05, 0.1) is 28.4 Å². The maximum absolute atomic E-state index is 12.2. The van der Waals surface area contributed by atoms with Gasteiger partial charge in [-0.25, -0.2) is 4.79 Å². The van der Waals surface area contributed by atoms with E-state index >= 15 is 0 Å². The molecule has 26 heavy (non-hydrogen) atoms. The highest BCUT2D eigenvalue weighted by atomic mass is 16.5. The van der Waals surface area contributed by atoms with Crippen molar-refractivity contribution < 1.29 is 28.5 Å². The van der Waals surface area contributed by atoms with Gasteiger partial charge in [0, 0.05) is 6.08 Å². The maximum Gasteiger partial charge on any atom is 0.328 e. The first-order chi connectivity index (χ1) is 12.4. The molecule has 0 aliphatic heterocycles. The second-order valence-electron chi connectivity index (χ2n) is 5.69. The maximum atomic E-state index is 12.2. The summed E-state index contributed by atoms with van der Waals surface area (Å²) in [6, 6.07) is 2.75. The lowest BCUT2D eigenvalue weighted by atomic mass is 9.99. The van der Waals surface area contributed by atoms with Crippen molar-refractivity contribution in [3.63, 3.8) is 0 Å². The second kappa shape index (κ2) is 10.3. The van der Waals surface area contributed by atoms with Gasteiger partial charge in [-0.2, -0.15) is 0 Å². The number of methoxy groups -OCH3 is 4. The predicted molar refractivity (Wildman–Crippen MR) is 98.5 cm³/mol. The van der Waals surface area contributed by atoms with Crippen molar-refractivity contribution in [2.75, 3.05) is 28.4 Å². The molecule has 0 unspecified atom stereocenters. The molecular weight excluding hydrogens is 338 g/mol. The molecule has 0 aromatic heterocycles. The average Bonchev–Trinajstić information content (AvgIpc) is 2.68. The van der Waals surface area contributed by atoms with Crippen LogP contribution in [-0.2, 0) is 14.3 Å². The van der Waals surface area contributed by atoms with Crippen LogP contribution in [0.5, 0.6) is 17.2 Å². The van der Waals surface area contributed by atoms with Crippen molar-refractivity contribution in [2.45, 2.75) is 26.3 Å². The number of hydrogen-bond donors (Lipinski definition) is 1. The quantitative estimate of drug-likeness (QED) is 0.535. The van der Waals surface area contributed by atoms with Gasteiger partial charge < -0.3 is 24.3 Å². The Bertz CT molecular complexity index is 630. The molecule has 0 aliphatic rings. The number of ether oxygens (including phenoxy) is 4. The highest BCUT2D eigenvalue weighted by molar-refractivity contribution is 5.94. The van der Waals surface area contributed by atoms with Gasteiger partial charge >= 0.3 is 5.97 Å². The molecule has 0 bridgehead atoms. The Kier molecular flexibility index (Phi) is 8.48. The van der Waals surface area contributed by atoms with E-state index in [1.807, 2.05) is 13.8 Å². The standard InChI is InChI=1S/C19H27NO6/c1-7-12(2)17(19(22)26-6)20-16(21)9-8-13-10-14(23-3)18(25-5)15(11-13)24-4/h8-12,17H,7H2,1-6H3,(H,20,21)/b9-8+/t12-,17+/m1/s1. The summed E-state index contributed by atoms with van der Waals surface area (Å²) in [6.45, 7) is 3.82. The van der Waals surface area contributed by atoms with E-state index < -0.39 is 17.9 Å². The Morgan fingerprint density at radius 3 is 2.08 bits per heavy atom. The summed E-state index contributed by atoms with van der Waals surface area (Å²) in [5.41, 5.74) is 0.688. The zero-order valence-electron chi connectivity index (χ0n) is 16.1. The first-order valence-corrected chi connectivity index (χ1v) is 8.28. The molecule has 0 spiro atoms. The van der Waals surface area contributed by atoms with Gasteiger partial charge in [-0.15, -0.1) is 0 Å². The van der Waals surface area contributed by atoms with Crippen molar-refractivity contribution in [2.24, 2.45) is 5.92 Å². The third-order valence-corrected chi connectivity index (χ3v) is 4.08. The minimum atomic E-state index is -0.693. The normalized spacial score (nSPS) is 13.0. The number of rotatable bonds is 9. The van der Waals surface area contributed by atoms with Gasteiger partial charge in [-0.05, 0) is 29.7 Å². The molecule has 144 valence electrons. The fourth-order valence-corrected chi connectivity index (χ4v) is 2.37. The van der Waals surface area contributed by atoms with E-state index in [1.54, 1.807) is 18.2 Å². The van der Waals surface area contributed by atoms with Crippen molar-refractivity contribution >= 4 is 18.0 Å². The highest BCUT2D eigenvalue weighted by Gasteiger charge is 2.25. The van der Waals surface area contributed by atoms with E-state index in [-0.39, 0.29) is 5.92 Å². The van der Waals surface area contributed by atoms with Crippen LogP contribution < -0.4 is 19.5 Å². The number of nitrogens with one attached hydrogen (secondary N) is 1. The summed E-state index contributed by atoms with van der Waals surface area (Å²) in [4.78, 5) is 24.1. The number of carbonyl (C=O) groups is 2. The number of amides is 1. The molecule has 1 N–H and O–H groups in total. The van der Waals surface area contributed by atoms with Crippen LogP contribution in [0, 0.1) is 5.92 Å². The lowest BCUT2D eigenvalue weighted by Crippen LogP contribution is -2.45. The molecule has 1 aromatic carbocycles.